The summed E-state index contributed by atoms with van der Waals surface area (Å²) in [5.41, 5.74) is 13.7. The zero-order valence-corrected chi connectivity index (χ0v) is 40.7. The smallest absolute Gasteiger partial charge is 0.191 e. The third-order valence-corrected chi connectivity index (χ3v) is 19.2. The fourth-order valence-electron chi connectivity index (χ4n) is 13.1. The first-order chi connectivity index (χ1) is 33.0. The molecule has 8 N–H and O–H groups in total. The number of nitrogens with one attached hydrogen (secondary N) is 2. The largest absolute Gasteiger partial charge is 0.508 e. The number of benzene rings is 2. The number of phenolic OH excluding ortho intramolecular Hbond substituents is 1. The quantitative estimate of drug-likeness (QED) is 0.0350. The standard InChI is InChI=1S/C55H64N4O7S2/c1-3-4-5-8-35(50(64)36-10-9-31(2)23-45(36)62)44(61)15-13-32-40-28-67-68-30-55-20-17-33-38-25-57-42-27-59(26-39(38)42)53-41(14-16-43(60)34-11-12-37(49(55)48(33)34)52(56)58-29-55)54(18-6-7-19-54)21-22-65-47(24-46(32)63)51(40)66-53/h9-12,24-27,31,33,35-36,41,43,45,50,52-53,57-58,60,62-64H,3-8,13,15,17-20,23,28-30,56H2,1-2H3. The minimum atomic E-state index is -1.08. The molecule has 12 rings (SSSR count). The lowest BCUT2D eigenvalue weighted by Gasteiger charge is -2.48. The molecule has 7 heterocycles. The van der Waals surface area contributed by atoms with Crippen molar-refractivity contribution in [2.24, 2.45) is 34.8 Å². The summed E-state index contributed by atoms with van der Waals surface area (Å²) in [7, 11) is 3.47. The van der Waals surface area contributed by atoms with Crippen molar-refractivity contribution in [2.45, 2.75) is 145 Å². The fraction of sp³-hybridized carbons (Fsp3) is 0.545. The molecule has 68 heavy (non-hydrogen) atoms. The summed E-state index contributed by atoms with van der Waals surface area (Å²) >= 11 is 0. The molecule has 358 valence electrons. The summed E-state index contributed by atoms with van der Waals surface area (Å²) < 4.78 is 16.0. The molecule has 0 radical (unpaired) electrons. The molecule has 11 unspecified atom stereocenters. The first kappa shape index (κ1) is 46.1. The minimum absolute atomic E-state index is 0.00271. The fourth-order valence-corrected chi connectivity index (χ4v) is 15.8. The zero-order valence-electron chi connectivity index (χ0n) is 39.1. The van der Waals surface area contributed by atoms with Gasteiger partial charge in [0.05, 0.1) is 35.2 Å². The Morgan fingerprint density at radius 2 is 1.91 bits per heavy atom. The van der Waals surface area contributed by atoms with Crippen molar-refractivity contribution >= 4 is 38.3 Å². The lowest BCUT2D eigenvalue weighted by atomic mass is 9.61. The number of aromatic hydroxyl groups is 1. The van der Waals surface area contributed by atoms with Gasteiger partial charge in [-0.1, -0.05) is 110 Å². The van der Waals surface area contributed by atoms with Crippen LogP contribution in [-0.2, 0) is 22.4 Å². The van der Waals surface area contributed by atoms with E-state index in [2.05, 4.69) is 76.4 Å². The van der Waals surface area contributed by atoms with Gasteiger partial charge in [-0.25, -0.2) is 0 Å². The number of hydrogen-bond acceptors (Lipinski definition) is 11. The normalized spacial score (nSPS) is 30.4. The molecule has 1 saturated carbocycles. The Labute approximate surface area is 407 Å². The number of ether oxygens (including phenoxy) is 2. The molecular weight excluding hydrogens is 893 g/mol. The van der Waals surface area contributed by atoms with E-state index < -0.39 is 47.7 Å². The molecule has 10 bridgehead atoms. The number of rotatable bonds is 10. The van der Waals surface area contributed by atoms with Gasteiger partial charge in [-0.15, -0.1) is 0 Å². The van der Waals surface area contributed by atoms with Crippen LogP contribution in [0.1, 0.15) is 154 Å². The van der Waals surface area contributed by atoms with Crippen LogP contribution in [0.4, 0.5) is 0 Å². The van der Waals surface area contributed by atoms with Crippen LogP contribution in [-0.4, -0.2) is 60.3 Å². The predicted molar refractivity (Wildman–Crippen MR) is 267 cm³/mol. The molecule has 5 aliphatic heterocycles. The third-order valence-electron chi connectivity index (χ3n) is 16.8. The Bertz CT molecular complexity index is 2770. The number of aliphatic hydroxyl groups excluding tert-OH is 3. The van der Waals surface area contributed by atoms with E-state index in [1.807, 2.05) is 19.1 Å². The van der Waals surface area contributed by atoms with E-state index in [4.69, 9.17) is 15.2 Å². The minimum Gasteiger partial charge on any atom is -0.508 e. The van der Waals surface area contributed by atoms with E-state index in [1.54, 1.807) is 27.7 Å². The second-order valence-corrected chi connectivity index (χ2v) is 23.4. The number of hydrogen-bond donors (Lipinski definition) is 7. The Morgan fingerprint density at radius 3 is 2.74 bits per heavy atom. The number of unbranched alkanes of at least 4 members (excludes halogenated alkanes) is 2. The number of carbonyl (C=O) groups excluding carboxylic acids is 1. The Balaban J connectivity index is 1.07. The van der Waals surface area contributed by atoms with Gasteiger partial charge in [-0.3, -0.25) is 10.1 Å². The number of ketones is 1. The molecule has 0 saturated heterocycles. The molecule has 2 spiro atoms. The lowest BCUT2D eigenvalue weighted by molar-refractivity contribution is -0.129. The Morgan fingerprint density at radius 1 is 1.07 bits per heavy atom. The molecule has 8 aliphatic rings. The van der Waals surface area contributed by atoms with E-state index in [0.717, 1.165) is 96.7 Å². The SMILES string of the molecule is CCCCCC(C(=O)CCc1c(O)cc2c3c1CSSCC14CCC5c6c(ccc(c61)C(N)NC4)C(O)C#CC(C(O3)n1cc3[nH]cc5c3c1)C1(C#CO2)CCCC1)C(O)C1C=CC(C)CC1O. The van der Waals surface area contributed by atoms with E-state index in [1.165, 1.54) is 11.1 Å². The molecule has 4 aromatic rings. The van der Waals surface area contributed by atoms with Crippen molar-refractivity contribution in [3.05, 3.63) is 87.9 Å². The first-order valence-electron chi connectivity index (χ1n) is 25.1. The maximum atomic E-state index is 14.6. The van der Waals surface area contributed by atoms with Gasteiger partial charge in [-0.2, -0.15) is 0 Å². The van der Waals surface area contributed by atoms with Crippen molar-refractivity contribution < 1.29 is 34.7 Å². The number of aromatic nitrogens is 2. The second kappa shape index (κ2) is 18.5. The second-order valence-electron chi connectivity index (χ2n) is 20.9. The zero-order chi connectivity index (χ0) is 46.9. The molecule has 0 amide bonds. The highest BCUT2D eigenvalue weighted by atomic mass is 33.1. The van der Waals surface area contributed by atoms with E-state index in [9.17, 15) is 25.2 Å². The predicted octanol–water partition coefficient (Wildman–Crippen LogP) is 9.08. The molecule has 13 heteroatoms. The van der Waals surface area contributed by atoms with Crippen LogP contribution >= 0.6 is 21.6 Å². The molecule has 11 nitrogen and oxygen atoms in total. The third kappa shape index (κ3) is 7.89. The van der Waals surface area contributed by atoms with Crippen LogP contribution in [0, 0.1) is 53.0 Å². The highest BCUT2D eigenvalue weighted by molar-refractivity contribution is 8.76. The number of Topliss-reactive ketones (excluding diaryl/α,β-unsaturated/α-hetero) is 1. The van der Waals surface area contributed by atoms with E-state index >= 15 is 0 Å². The number of aromatic amines is 1. The Hall–Kier alpha value is -4.31. The van der Waals surface area contributed by atoms with E-state index in [-0.39, 0.29) is 47.8 Å². The van der Waals surface area contributed by atoms with Crippen LogP contribution in [0.25, 0.3) is 10.9 Å². The first-order valence-corrected chi connectivity index (χ1v) is 27.6. The van der Waals surface area contributed by atoms with Crippen molar-refractivity contribution in [1.82, 2.24) is 14.9 Å². The molecule has 1 fully saturated rings. The summed E-state index contributed by atoms with van der Waals surface area (Å²) in [5, 5.41) is 52.3. The number of aliphatic hydroxyl groups is 3. The number of H-pyrrole nitrogens is 1. The van der Waals surface area contributed by atoms with Crippen LogP contribution < -0.4 is 20.5 Å². The highest BCUT2D eigenvalue weighted by Gasteiger charge is 2.50. The average molecular weight is 957 g/mol. The lowest BCUT2D eigenvalue weighted by Crippen LogP contribution is -2.52. The van der Waals surface area contributed by atoms with Gasteiger partial charge in [0, 0.05) is 88.8 Å². The molecule has 2 aromatic heterocycles. The van der Waals surface area contributed by atoms with Gasteiger partial charge in [0.15, 0.2) is 17.7 Å². The number of allylic oxidation sites excluding steroid dienone is 1. The van der Waals surface area contributed by atoms with Gasteiger partial charge in [0.1, 0.15) is 23.7 Å². The van der Waals surface area contributed by atoms with Crippen molar-refractivity contribution in [3.8, 4) is 41.1 Å². The summed E-state index contributed by atoms with van der Waals surface area (Å²) in [5.74, 6) is 11.0. The topological polar surface area (TPSA) is 175 Å². The summed E-state index contributed by atoms with van der Waals surface area (Å²) in [6.45, 7) is 4.85. The molecule has 3 aliphatic carbocycles. The highest BCUT2D eigenvalue weighted by Crippen LogP contribution is 2.57. The molecule has 11 atom stereocenters. The van der Waals surface area contributed by atoms with E-state index in [0.29, 0.717) is 42.2 Å². The van der Waals surface area contributed by atoms with Crippen LogP contribution in [0.15, 0.2) is 48.9 Å². The summed E-state index contributed by atoms with van der Waals surface area (Å²) in [6.07, 6.45) is 18.8. The maximum Gasteiger partial charge on any atom is 0.191 e. The van der Waals surface area contributed by atoms with Gasteiger partial charge >= 0.3 is 0 Å². The number of fused-ring (bicyclic) bond motifs is 5. The van der Waals surface area contributed by atoms with Crippen LogP contribution in [0.5, 0.6) is 17.2 Å². The van der Waals surface area contributed by atoms with Crippen molar-refractivity contribution in [3.63, 3.8) is 0 Å². The number of carbonyl (C=O) groups is 1. The van der Waals surface area contributed by atoms with Gasteiger partial charge < -0.3 is 45.2 Å². The van der Waals surface area contributed by atoms with Crippen LogP contribution in [0.2, 0.25) is 0 Å². The molecule has 2 aromatic carbocycles. The van der Waals surface area contributed by atoms with Gasteiger partial charge in [0.2, 0.25) is 0 Å². The number of nitrogens with zero attached hydrogens (tertiary/aromatic N) is 1. The Kier molecular flexibility index (Phi) is 12.5. The molecular formula is C55H64N4O7S2. The summed E-state index contributed by atoms with van der Waals surface area (Å²) in [6, 6.07) is 5.74. The average Bonchev–Trinajstić information content (AvgIpc) is 4.08. The number of phenols is 1. The maximum absolute atomic E-state index is 14.6. The van der Waals surface area contributed by atoms with Crippen LogP contribution in [0.3, 0.4) is 0 Å². The van der Waals surface area contributed by atoms with Crippen molar-refractivity contribution in [2.75, 3.05) is 12.3 Å². The summed E-state index contributed by atoms with van der Waals surface area (Å²) in [4.78, 5) is 18.2. The van der Waals surface area contributed by atoms with Crippen molar-refractivity contribution in [1.29, 1.82) is 0 Å². The number of nitrogens with two attached hydrogens (primary N) is 1. The monoisotopic (exact) mass is 956 g/mol. The van der Waals surface area contributed by atoms with Gasteiger partial charge in [-0.05, 0) is 78.7 Å². The van der Waals surface area contributed by atoms with Gasteiger partial charge in [0.25, 0.3) is 0 Å².